The summed E-state index contributed by atoms with van der Waals surface area (Å²) in [5.41, 5.74) is 0.501. The third kappa shape index (κ3) is 3.16. The highest BCUT2D eigenvalue weighted by Gasteiger charge is 2.37. The topological polar surface area (TPSA) is 104 Å². The molecule has 3 heterocycles. The summed E-state index contributed by atoms with van der Waals surface area (Å²) in [5, 5.41) is 19.0. The van der Waals surface area contributed by atoms with E-state index in [1.165, 1.54) is 22.3 Å². The van der Waals surface area contributed by atoms with E-state index in [-0.39, 0.29) is 41.9 Å². The Labute approximate surface area is 157 Å². The van der Waals surface area contributed by atoms with Gasteiger partial charge in [0.2, 0.25) is 16.9 Å². The maximum atomic E-state index is 14.2. The number of aromatic amines is 1. The summed E-state index contributed by atoms with van der Waals surface area (Å²) in [6, 6.07) is 4.56. The molecule has 0 saturated carbocycles. The number of nitrogens with one attached hydrogen (secondary N) is 2. The molecule has 1 aliphatic rings. The summed E-state index contributed by atoms with van der Waals surface area (Å²) in [6.45, 7) is 4.12. The fourth-order valence-corrected chi connectivity index (χ4v) is 3.77. The molecule has 0 radical (unpaired) electrons. The van der Waals surface area contributed by atoms with Gasteiger partial charge in [-0.3, -0.25) is 19.6 Å². The Morgan fingerprint density at radius 2 is 2.22 bits per heavy atom. The number of anilines is 2. The van der Waals surface area contributed by atoms with Crippen LogP contribution in [0.15, 0.2) is 18.2 Å². The van der Waals surface area contributed by atoms with Crippen molar-refractivity contribution in [2.24, 2.45) is 5.92 Å². The van der Waals surface area contributed by atoms with Gasteiger partial charge in [0, 0.05) is 18.9 Å². The third-order valence-corrected chi connectivity index (χ3v) is 5.57. The van der Waals surface area contributed by atoms with Crippen molar-refractivity contribution in [3.63, 3.8) is 0 Å². The first kappa shape index (κ1) is 17.5. The molecule has 1 fully saturated rings. The molecule has 10 heteroatoms. The highest BCUT2D eigenvalue weighted by atomic mass is 32.1. The molecule has 3 aromatic rings. The lowest BCUT2D eigenvalue weighted by atomic mass is 10.1. The largest absolute Gasteiger partial charge is 0.300 e. The van der Waals surface area contributed by atoms with Crippen LogP contribution >= 0.6 is 11.3 Å². The van der Waals surface area contributed by atoms with Crippen molar-refractivity contribution in [3.8, 4) is 0 Å². The molecule has 2 amide bonds. The van der Waals surface area contributed by atoms with E-state index in [4.69, 9.17) is 0 Å². The van der Waals surface area contributed by atoms with Gasteiger partial charge in [0.25, 0.3) is 0 Å². The highest BCUT2D eigenvalue weighted by molar-refractivity contribution is 7.15. The van der Waals surface area contributed by atoms with Crippen LogP contribution in [0.25, 0.3) is 10.9 Å². The number of hydrogen-bond donors (Lipinski definition) is 2. The van der Waals surface area contributed by atoms with E-state index in [1.807, 2.05) is 13.8 Å². The quantitative estimate of drug-likeness (QED) is 0.715. The number of aromatic nitrogens is 4. The summed E-state index contributed by atoms with van der Waals surface area (Å²) in [4.78, 5) is 26.3. The molecule has 1 saturated heterocycles. The molecular weight excluding hydrogens is 371 g/mol. The van der Waals surface area contributed by atoms with Gasteiger partial charge in [0.05, 0.1) is 16.8 Å². The number of rotatable bonds is 4. The second kappa shape index (κ2) is 6.69. The van der Waals surface area contributed by atoms with E-state index in [0.717, 1.165) is 5.01 Å². The summed E-state index contributed by atoms with van der Waals surface area (Å²) >= 11 is 1.31. The first-order valence-electron chi connectivity index (χ1n) is 8.51. The normalized spacial score (nSPS) is 17.3. The van der Waals surface area contributed by atoms with Gasteiger partial charge in [-0.25, -0.2) is 4.39 Å². The lowest BCUT2D eigenvalue weighted by Gasteiger charge is -2.14. The third-order valence-electron chi connectivity index (χ3n) is 4.44. The Morgan fingerprint density at radius 1 is 1.41 bits per heavy atom. The average molecular weight is 388 g/mol. The average Bonchev–Trinajstić information content (AvgIpc) is 3.33. The molecule has 0 unspecified atom stereocenters. The molecule has 4 rings (SSSR count). The Hall–Kier alpha value is -2.88. The summed E-state index contributed by atoms with van der Waals surface area (Å²) < 4.78 is 14.2. The molecule has 0 bridgehead atoms. The molecule has 2 aromatic heterocycles. The Morgan fingerprint density at radius 3 is 2.96 bits per heavy atom. The molecule has 1 aliphatic heterocycles. The number of carbonyl (C=O) groups is 2. The van der Waals surface area contributed by atoms with E-state index in [0.29, 0.717) is 10.6 Å². The van der Waals surface area contributed by atoms with Crippen LogP contribution < -0.4 is 10.2 Å². The maximum absolute atomic E-state index is 14.2. The van der Waals surface area contributed by atoms with Gasteiger partial charge in [0.15, 0.2) is 5.82 Å². The molecule has 0 spiro atoms. The predicted molar refractivity (Wildman–Crippen MR) is 99.1 cm³/mol. The van der Waals surface area contributed by atoms with E-state index >= 15 is 0 Å². The first-order chi connectivity index (χ1) is 12.9. The van der Waals surface area contributed by atoms with Crippen molar-refractivity contribution in [1.82, 2.24) is 20.4 Å². The van der Waals surface area contributed by atoms with Crippen LogP contribution in [0.2, 0.25) is 0 Å². The summed E-state index contributed by atoms with van der Waals surface area (Å²) in [7, 11) is 0. The molecule has 140 valence electrons. The lowest BCUT2D eigenvalue weighted by molar-refractivity contribution is -0.122. The molecule has 27 heavy (non-hydrogen) atoms. The minimum Gasteiger partial charge on any atom is -0.300 e. The van der Waals surface area contributed by atoms with Crippen LogP contribution in [0.3, 0.4) is 0 Å². The van der Waals surface area contributed by atoms with E-state index in [9.17, 15) is 14.0 Å². The van der Waals surface area contributed by atoms with Gasteiger partial charge < -0.3 is 5.32 Å². The van der Waals surface area contributed by atoms with Crippen LogP contribution in [0.1, 0.15) is 31.2 Å². The first-order valence-corrected chi connectivity index (χ1v) is 9.33. The molecule has 1 aromatic carbocycles. The van der Waals surface area contributed by atoms with Crippen molar-refractivity contribution in [2.45, 2.75) is 26.2 Å². The van der Waals surface area contributed by atoms with Crippen molar-refractivity contribution < 1.29 is 14.0 Å². The molecule has 1 atom stereocenters. The predicted octanol–water partition coefficient (Wildman–Crippen LogP) is 2.67. The van der Waals surface area contributed by atoms with Crippen LogP contribution in [-0.4, -0.2) is 38.8 Å². The van der Waals surface area contributed by atoms with Gasteiger partial charge in [-0.05, 0) is 12.1 Å². The number of amides is 2. The number of nitrogens with zero attached hydrogens (tertiary/aromatic N) is 4. The maximum Gasteiger partial charge on any atom is 0.231 e. The second-order valence-corrected chi connectivity index (χ2v) is 7.71. The van der Waals surface area contributed by atoms with Crippen LogP contribution in [0.5, 0.6) is 0 Å². The molecule has 2 N–H and O–H groups in total. The van der Waals surface area contributed by atoms with E-state index in [1.54, 1.807) is 12.1 Å². The highest BCUT2D eigenvalue weighted by Crippen LogP contribution is 2.32. The van der Waals surface area contributed by atoms with E-state index in [2.05, 4.69) is 25.7 Å². The summed E-state index contributed by atoms with van der Waals surface area (Å²) in [6.07, 6.45) is 0.0322. The fourth-order valence-electron chi connectivity index (χ4n) is 3.02. The van der Waals surface area contributed by atoms with E-state index < -0.39 is 11.7 Å². The van der Waals surface area contributed by atoms with Crippen molar-refractivity contribution in [1.29, 1.82) is 0 Å². The minimum atomic E-state index is -0.567. The number of carbonyl (C=O) groups excluding carboxylic acids is 2. The van der Waals surface area contributed by atoms with Gasteiger partial charge in [-0.1, -0.05) is 31.3 Å². The van der Waals surface area contributed by atoms with Crippen LogP contribution in [0.4, 0.5) is 15.3 Å². The molecule has 0 aliphatic carbocycles. The number of hydrogen-bond acceptors (Lipinski definition) is 6. The standard InChI is InChI=1S/C17H17FN6O2S/c1-8(2)16-22-23-17(27-16)19-15(26)9-6-12(25)24(7-9)14-13-10(18)4-3-5-11(13)20-21-14/h3-5,8-9H,6-7H2,1-2H3,(H,20,21)(H,19,23,26)/t9-/m0/s1. The Kier molecular flexibility index (Phi) is 4.34. The smallest absolute Gasteiger partial charge is 0.231 e. The SMILES string of the molecule is CC(C)c1nnc(NC(=O)[C@H]2CC(=O)N(c3n[nH]c4cccc(F)c34)C2)s1. The number of benzene rings is 1. The van der Waals surface area contributed by atoms with Crippen LogP contribution in [0, 0.1) is 11.7 Å². The number of halogens is 1. The number of fused-ring (bicyclic) bond motifs is 1. The second-order valence-electron chi connectivity index (χ2n) is 6.70. The van der Waals surface area contributed by atoms with Gasteiger partial charge in [-0.2, -0.15) is 5.10 Å². The van der Waals surface area contributed by atoms with Crippen LogP contribution in [-0.2, 0) is 9.59 Å². The van der Waals surface area contributed by atoms with Gasteiger partial charge >= 0.3 is 0 Å². The molecule has 8 nitrogen and oxygen atoms in total. The zero-order valence-corrected chi connectivity index (χ0v) is 15.5. The summed E-state index contributed by atoms with van der Waals surface area (Å²) in [5.74, 6) is -1.18. The Bertz CT molecular complexity index is 1030. The van der Waals surface area contributed by atoms with Crippen molar-refractivity contribution in [3.05, 3.63) is 29.0 Å². The lowest BCUT2D eigenvalue weighted by Crippen LogP contribution is -2.28. The number of H-pyrrole nitrogens is 1. The fraction of sp³-hybridized carbons (Fsp3) is 0.353. The zero-order valence-electron chi connectivity index (χ0n) is 14.7. The minimum absolute atomic E-state index is 0.0322. The molecular formula is C17H17FN6O2S. The van der Waals surface area contributed by atoms with Crippen molar-refractivity contribution in [2.75, 3.05) is 16.8 Å². The zero-order chi connectivity index (χ0) is 19.1. The van der Waals surface area contributed by atoms with Gasteiger partial charge in [0.1, 0.15) is 10.8 Å². The van der Waals surface area contributed by atoms with Crippen molar-refractivity contribution >= 4 is 45.0 Å². The Balaban J connectivity index is 1.52. The monoisotopic (exact) mass is 388 g/mol. The van der Waals surface area contributed by atoms with Gasteiger partial charge in [-0.15, -0.1) is 10.2 Å².